The molecule has 3 aromatic heterocycles. The zero-order valence-corrected chi connectivity index (χ0v) is 25.7. The normalized spacial score (nSPS) is 14.6. The molecule has 12 heteroatoms. The van der Waals surface area contributed by atoms with Gasteiger partial charge in [0.15, 0.2) is 11.3 Å². The van der Waals surface area contributed by atoms with Crippen LogP contribution in [0.15, 0.2) is 83.0 Å². The third kappa shape index (κ3) is 4.63. The number of pyridine rings is 2. The average Bonchev–Trinajstić information content (AvgIpc) is 2.99. The highest BCUT2D eigenvalue weighted by molar-refractivity contribution is 6.39. The Kier molecular flexibility index (Phi) is 7.35. The van der Waals surface area contributed by atoms with E-state index in [1.165, 1.54) is 10.6 Å². The molecule has 0 spiro atoms. The van der Waals surface area contributed by atoms with E-state index >= 15 is 4.39 Å². The van der Waals surface area contributed by atoms with Crippen LogP contribution in [0.5, 0.6) is 0 Å². The molecule has 4 radical (unpaired) electrons. The topological polar surface area (TPSA) is 90.1 Å². The molecular weight excluding hydrogens is 590 g/mol. The van der Waals surface area contributed by atoms with E-state index in [2.05, 4.69) is 11.6 Å². The minimum atomic E-state index is -2.57. The van der Waals surface area contributed by atoms with E-state index in [1.54, 1.807) is 19.2 Å². The fourth-order valence-corrected chi connectivity index (χ4v) is 6.22. The zero-order valence-electron chi connectivity index (χ0n) is 24.9. The molecule has 0 unspecified atom stereocenters. The van der Waals surface area contributed by atoms with E-state index in [-0.39, 0.29) is 22.1 Å². The minimum absolute atomic E-state index is 0.0212. The lowest BCUT2D eigenvalue weighted by Crippen LogP contribution is -2.74. The van der Waals surface area contributed by atoms with Crippen LogP contribution in [0.1, 0.15) is 31.0 Å². The van der Waals surface area contributed by atoms with Gasteiger partial charge in [0.1, 0.15) is 0 Å². The summed E-state index contributed by atoms with van der Waals surface area (Å²) >= 11 is 6.89. The van der Waals surface area contributed by atoms with Crippen LogP contribution in [-0.2, 0) is 10.1 Å². The van der Waals surface area contributed by atoms with Gasteiger partial charge in [0.05, 0.1) is 56.4 Å². The third-order valence-electron chi connectivity index (χ3n) is 8.40. The van der Waals surface area contributed by atoms with Crippen LogP contribution in [0.2, 0.25) is 5.02 Å². The van der Waals surface area contributed by atoms with E-state index in [1.807, 2.05) is 56.3 Å². The Morgan fingerprint density at radius 1 is 1.11 bits per heavy atom. The quantitative estimate of drug-likeness (QED) is 0.159. The first-order valence-corrected chi connectivity index (χ1v) is 14.7. The van der Waals surface area contributed by atoms with Crippen LogP contribution in [0.3, 0.4) is 0 Å². The van der Waals surface area contributed by atoms with Crippen LogP contribution in [-0.4, -0.2) is 64.4 Å². The molecule has 2 aromatic carbocycles. The Labute approximate surface area is 266 Å². The standard InChI is InChI=1S/C33H27B2ClFN5O3/c1-5-25(43)40-16-32(37,17-40)33(34,35)42-24-15-23(36)27(22-12-8-10-20-9-6-7-11-21(20)22)39-29(24)41(30(44)31(42)45)28-19(4)13-14-38-26(28)18(2)3/h5-15,18H,1,16-17H2,2-4H3. The summed E-state index contributed by atoms with van der Waals surface area (Å²) in [6, 6.07) is 16.5. The van der Waals surface area contributed by atoms with Gasteiger partial charge in [-0.15, -0.1) is 0 Å². The highest BCUT2D eigenvalue weighted by Crippen LogP contribution is 2.40. The molecule has 0 N–H and O–H groups in total. The summed E-state index contributed by atoms with van der Waals surface area (Å²) in [6.07, 6.45) is 2.66. The van der Waals surface area contributed by atoms with Gasteiger partial charge < -0.3 is 9.47 Å². The first-order valence-electron chi connectivity index (χ1n) is 14.3. The molecule has 222 valence electrons. The minimum Gasteiger partial charge on any atom is -0.333 e. The van der Waals surface area contributed by atoms with Crippen LogP contribution in [0.4, 0.5) is 4.39 Å². The van der Waals surface area contributed by atoms with Crippen LogP contribution >= 0.6 is 11.6 Å². The van der Waals surface area contributed by atoms with Gasteiger partial charge in [-0.05, 0) is 47.4 Å². The van der Waals surface area contributed by atoms with Crippen LogP contribution in [0.25, 0.3) is 38.9 Å². The van der Waals surface area contributed by atoms with E-state index in [4.69, 9.17) is 32.3 Å². The first-order chi connectivity index (χ1) is 21.3. The number of hydrogen-bond acceptors (Lipinski definition) is 5. The summed E-state index contributed by atoms with van der Waals surface area (Å²) in [6.45, 7) is 8.00. The summed E-state index contributed by atoms with van der Waals surface area (Å²) in [7, 11) is 12.9. The fourth-order valence-electron chi connectivity index (χ4n) is 5.97. The number of benzene rings is 2. The van der Waals surface area contributed by atoms with Crippen molar-refractivity contribution in [2.45, 2.75) is 37.7 Å². The molecule has 8 nitrogen and oxygen atoms in total. The summed E-state index contributed by atoms with van der Waals surface area (Å²) in [5, 5.41) is -0.668. The molecule has 45 heavy (non-hydrogen) atoms. The Balaban J connectivity index is 1.73. The van der Waals surface area contributed by atoms with Crippen molar-refractivity contribution in [3.8, 4) is 16.9 Å². The number of nitrogens with zero attached hydrogens (tertiary/aromatic N) is 5. The molecule has 5 aromatic rings. The van der Waals surface area contributed by atoms with Crippen molar-refractivity contribution in [3.05, 3.63) is 110 Å². The third-order valence-corrected chi connectivity index (χ3v) is 8.69. The van der Waals surface area contributed by atoms with Gasteiger partial charge in [0.25, 0.3) is 0 Å². The van der Waals surface area contributed by atoms with Crippen molar-refractivity contribution < 1.29 is 9.18 Å². The lowest BCUT2D eigenvalue weighted by atomic mass is 9.51. The number of carbonyl (C=O) groups excluding carboxylic acids is 1. The monoisotopic (exact) mass is 617 g/mol. The van der Waals surface area contributed by atoms with Crippen molar-refractivity contribution in [2.75, 3.05) is 13.1 Å². The second-order valence-corrected chi connectivity index (χ2v) is 12.1. The van der Waals surface area contributed by atoms with Crippen molar-refractivity contribution in [2.24, 2.45) is 0 Å². The number of aromatic nitrogens is 4. The molecule has 0 bridgehead atoms. The molecule has 6 rings (SSSR count). The Hall–Kier alpha value is -4.50. The molecule has 1 fully saturated rings. The lowest BCUT2D eigenvalue weighted by molar-refractivity contribution is -0.143. The number of amides is 1. The number of fused-ring (bicyclic) bond motifs is 2. The van der Waals surface area contributed by atoms with Crippen molar-refractivity contribution >= 4 is 55.1 Å². The van der Waals surface area contributed by atoms with Gasteiger partial charge in [0.2, 0.25) is 5.91 Å². The van der Waals surface area contributed by atoms with Crippen molar-refractivity contribution in [1.82, 2.24) is 24.0 Å². The van der Waals surface area contributed by atoms with Crippen LogP contribution < -0.4 is 11.1 Å². The highest BCUT2D eigenvalue weighted by atomic mass is 35.5. The number of alkyl halides is 1. The van der Waals surface area contributed by atoms with Gasteiger partial charge in [-0.1, -0.05) is 74.5 Å². The first kappa shape index (κ1) is 30.5. The molecule has 1 aliphatic heterocycles. The van der Waals surface area contributed by atoms with Gasteiger partial charge in [0, 0.05) is 17.1 Å². The highest BCUT2D eigenvalue weighted by Gasteiger charge is 2.56. The molecular formula is C33H27B2ClFN5O3. The SMILES string of the molecule is [B]C([B])(n1c(=O)c(=O)n(-c2c(C)ccnc2C(C)C)c2nc(-c3cccc4ccccc34)c(Cl)cc21)C1(F)CN(C(=O)C=C)C1. The van der Waals surface area contributed by atoms with Crippen LogP contribution in [0, 0.1) is 6.92 Å². The molecule has 1 saturated heterocycles. The summed E-state index contributed by atoms with van der Waals surface area (Å²) < 4.78 is 18.3. The number of hydrogen-bond donors (Lipinski definition) is 0. The zero-order chi connectivity index (χ0) is 32.4. The van der Waals surface area contributed by atoms with Gasteiger partial charge in [-0.25, -0.2) is 9.37 Å². The van der Waals surface area contributed by atoms with Gasteiger partial charge in [-0.2, -0.15) is 0 Å². The summed E-state index contributed by atoms with van der Waals surface area (Å²) in [5.74, 6) is -0.667. The summed E-state index contributed by atoms with van der Waals surface area (Å²) in [5.41, 5.74) is -2.24. The number of likely N-dealkylation sites (tertiary alicyclic amines) is 1. The maximum absolute atomic E-state index is 16.4. The van der Waals surface area contributed by atoms with E-state index in [0.29, 0.717) is 32.8 Å². The maximum Gasteiger partial charge on any atom is 0.322 e. The lowest BCUT2D eigenvalue weighted by Gasteiger charge is -2.54. The largest absolute Gasteiger partial charge is 0.333 e. The van der Waals surface area contributed by atoms with Gasteiger partial charge >= 0.3 is 11.1 Å². The predicted molar refractivity (Wildman–Crippen MR) is 176 cm³/mol. The molecule has 0 aliphatic carbocycles. The number of carbonyl (C=O) groups is 1. The second kappa shape index (κ2) is 10.8. The number of rotatable bonds is 6. The molecule has 0 saturated carbocycles. The number of halogens is 2. The fraction of sp³-hybridized carbons (Fsp3) is 0.242. The molecule has 1 aliphatic rings. The Morgan fingerprint density at radius 3 is 2.49 bits per heavy atom. The summed E-state index contributed by atoms with van der Waals surface area (Å²) in [4.78, 5) is 50.9. The number of aryl methyl sites for hydroxylation is 1. The Bertz CT molecular complexity index is 2170. The van der Waals surface area contributed by atoms with Gasteiger partial charge in [-0.3, -0.25) is 23.9 Å². The maximum atomic E-state index is 16.4. The average molecular weight is 618 g/mol. The van der Waals surface area contributed by atoms with E-state index in [9.17, 15) is 14.4 Å². The van der Waals surface area contributed by atoms with E-state index in [0.717, 1.165) is 21.7 Å². The predicted octanol–water partition coefficient (Wildman–Crippen LogP) is 4.53. The molecule has 1 amide bonds. The second-order valence-electron chi connectivity index (χ2n) is 11.7. The smallest absolute Gasteiger partial charge is 0.322 e. The molecule has 4 heterocycles. The molecule has 0 atom stereocenters. The Morgan fingerprint density at radius 2 is 1.80 bits per heavy atom. The van der Waals surface area contributed by atoms with E-state index < -0.39 is 41.1 Å². The van der Waals surface area contributed by atoms with Crippen molar-refractivity contribution in [3.63, 3.8) is 0 Å². The van der Waals surface area contributed by atoms with Crippen molar-refractivity contribution in [1.29, 1.82) is 0 Å².